The fourth-order valence-corrected chi connectivity index (χ4v) is 4.00. The number of rotatable bonds is 7. The van der Waals surface area contributed by atoms with Gasteiger partial charge < -0.3 is 24.4 Å². The van der Waals surface area contributed by atoms with E-state index in [-0.39, 0.29) is 30.8 Å². The average Bonchev–Trinajstić information content (AvgIpc) is 3.15. The van der Waals surface area contributed by atoms with Crippen LogP contribution in [0.4, 0.5) is 5.69 Å². The Morgan fingerprint density at radius 3 is 2.53 bits per heavy atom. The van der Waals surface area contributed by atoms with Crippen LogP contribution >= 0.6 is 0 Å². The number of nitrogens with zero attached hydrogens (tertiary/aromatic N) is 1. The van der Waals surface area contributed by atoms with Crippen molar-refractivity contribution >= 4 is 23.5 Å². The van der Waals surface area contributed by atoms with Crippen LogP contribution in [0.25, 0.3) is 0 Å². The van der Waals surface area contributed by atoms with E-state index >= 15 is 0 Å². The van der Waals surface area contributed by atoms with E-state index in [1.54, 1.807) is 32.2 Å². The Morgan fingerprint density at radius 1 is 1.13 bits per heavy atom. The number of carbonyl (C=O) groups excluding carboxylic acids is 3. The molecule has 1 aromatic rings. The Labute approximate surface area is 176 Å². The molecular weight excluding hydrogens is 388 g/mol. The molecule has 1 saturated heterocycles. The van der Waals surface area contributed by atoms with Gasteiger partial charge in [0.1, 0.15) is 11.5 Å². The number of amides is 2. The van der Waals surface area contributed by atoms with Gasteiger partial charge in [-0.05, 0) is 31.9 Å². The Morgan fingerprint density at radius 2 is 1.87 bits per heavy atom. The highest BCUT2D eigenvalue weighted by atomic mass is 16.5. The smallest absolute Gasteiger partial charge is 0.312 e. The standard InChI is InChI=1S/C22H30N2O6/c1-14(21(26)23-16-7-5-4-6-8-16)30-22(27)15-11-20(25)24(13-15)18-10-9-17(28-2)12-19(18)29-3/h9-10,12,14-16H,4-8,11,13H2,1-3H3,(H,23,26)/t14-,15-/m1/s1. The van der Waals surface area contributed by atoms with Crippen molar-refractivity contribution in [3.8, 4) is 11.5 Å². The van der Waals surface area contributed by atoms with Crippen LogP contribution in [0.1, 0.15) is 45.4 Å². The molecule has 0 spiro atoms. The van der Waals surface area contributed by atoms with Crippen LogP contribution in [-0.2, 0) is 19.1 Å². The third kappa shape index (κ3) is 5.04. The van der Waals surface area contributed by atoms with Crippen molar-refractivity contribution in [1.29, 1.82) is 0 Å². The number of nitrogens with one attached hydrogen (secondary N) is 1. The van der Waals surface area contributed by atoms with Crippen molar-refractivity contribution in [3.63, 3.8) is 0 Å². The molecule has 3 rings (SSSR count). The molecule has 2 atom stereocenters. The van der Waals surface area contributed by atoms with Gasteiger partial charge >= 0.3 is 5.97 Å². The first-order chi connectivity index (χ1) is 14.4. The van der Waals surface area contributed by atoms with Crippen molar-refractivity contribution in [1.82, 2.24) is 5.32 Å². The largest absolute Gasteiger partial charge is 0.497 e. The number of anilines is 1. The van der Waals surface area contributed by atoms with Crippen LogP contribution in [0, 0.1) is 5.92 Å². The van der Waals surface area contributed by atoms with Crippen molar-refractivity contribution in [2.24, 2.45) is 5.92 Å². The molecule has 0 radical (unpaired) electrons. The lowest BCUT2D eigenvalue weighted by Gasteiger charge is -2.24. The Balaban J connectivity index is 1.59. The Hall–Kier alpha value is -2.77. The van der Waals surface area contributed by atoms with Gasteiger partial charge in [-0.25, -0.2) is 0 Å². The highest BCUT2D eigenvalue weighted by Gasteiger charge is 2.38. The second kappa shape index (κ2) is 9.82. The molecule has 1 N–H and O–H groups in total. The predicted molar refractivity (Wildman–Crippen MR) is 111 cm³/mol. The number of benzene rings is 1. The second-order valence-electron chi connectivity index (χ2n) is 7.87. The molecule has 0 bridgehead atoms. The maximum atomic E-state index is 12.6. The highest BCUT2D eigenvalue weighted by Crippen LogP contribution is 2.36. The maximum absolute atomic E-state index is 12.6. The molecule has 1 aromatic carbocycles. The van der Waals surface area contributed by atoms with E-state index in [1.807, 2.05) is 0 Å². The second-order valence-corrected chi connectivity index (χ2v) is 7.87. The summed E-state index contributed by atoms with van der Waals surface area (Å²) < 4.78 is 15.9. The highest BCUT2D eigenvalue weighted by molar-refractivity contribution is 6.01. The topological polar surface area (TPSA) is 94.2 Å². The summed E-state index contributed by atoms with van der Waals surface area (Å²) in [5.74, 6) is -0.556. The molecule has 2 amide bonds. The molecule has 0 aromatic heterocycles. The monoisotopic (exact) mass is 418 g/mol. The van der Waals surface area contributed by atoms with Crippen LogP contribution < -0.4 is 19.7 Å². The van der Waals surface area contributed by atoms with E-state index < -0.39 is 18.0 Å². The number of methoxy groups -OCH3 is 2. The van der Waals surface area contributed by atoms with Gasteiger partial charge in [-0.3, -0.25) is 14.4 Å². The van der Waals surface area contributed by atoms with Crippen LogP contribution in [0.15, 0.2) is 18.2 Å². The summed E-state index contributed by atoms with van der Waals surface area (Å²) in [7, 11) is 3.06. The van der Waals surface area contributed by atoms with Crippen molar-refractivity contribution in [2.75, 3.05) is 25.7 Å². The molecule has 2 aliphatic rings. The lowest BCUT2D eigenvalue weighted by atomic mass is 9.95. The molecule has 0 unspecified atom stereocenters. The lowest BCUT2D eigenvalue weighted by molar-refractivity contribution is -0.158. The normalized spacial score (nSPS) is 20.6. The number of hydrogen-bond acceptors (Lipinski definition) is 6. The molecule has 1 heterocycles. The minimum atomic E-state index is -0.890. The van der Waals surface area contributed by atoms with Gasteiger partial charge in [0, 0.05) is 25.1 Å². The molecule has 1 aliphatic carbocycles. The average molecular weight is 418 g/mol. The third-order valence-corrected chi connectivity index (χ3v) is 5.75. The summed E-state index contributed by atoms with van der Waals surface area (Å²) in [4.78, 5) is 39.0. The van der Waals surface area contributed by atoms with Crippen LogP contribution in [-0.4, -0.2) is 50.7 Å². The molecule has 1 aliphatic heterocycles. The van der Waals surface area contributed by atoms with Crippen LogP contribution in [0.2, 0.25) is 0 Å². The molecule has 164 valence electrons. The molecule has 2 fully saturated rings. The Kier molecular flexibility index (Phi) is 7.18. The number of ether oxygens (including phenoxy) is 3. The van der Waals surface area contributed by atoms with Crippen LogP contribution in [0.3, 0.4) is 0 Å². The summed E-state index contributed by atoms with van der Waals surface area (Å²) in [6, 6.07) is 5.29. The molecule has 30 heavy (non-hydrogen) atoms. The van der Waals surface area contributed by atoms with Gasteiger partial charge in [0.15, 0.2) is 6.10 Å². The van der Waals surface area contributed by atoms with Crippen molar-refractivity contribution in [3.05, 3.63) is 18.2 Å². The van der Waals surface area contributed by atoms with Crippen molar-refractivity contribution < 1.29 is 28.6 Å². The molecule has 8 heteroatoms. The summed E-state index contributed by atoms with van der Waals surface area (Å²) in [6.45, 7) is 1.74. The van der Waals surface area contributed by atoms with Gasteiger partial charge in [0.25, 0.3) is 5.91 Å². The first-order valence-corrected chi connectivity index (χ1v) is 10.5. The van der Waals surface area contributed by atoms with E-state index in [9.17, 15) is 14.4 Å². The van der Waals surface area contributed by atoms with Gasteiger partial charge in [0.2, 0.25) is 5.91 Å². The fraction of sp³-hybridized carbons (Fsp3) is 0.591. The molecule has 8 nitrogen and oxygen atoms in total. The Bertz CT molecular complexity index is 790. The van der Waals surface area contributed by atoms with Gasteiger partial charge in [-0.15, -0.1) is 0 Å². The number of carbonyl (C=O) groups is 3. The zero-order chi connectivity index (χ0) is 21.7. The zero-order valence-electron chi connectivity index (χ0n) is 17.8. The van der Waals surface area contributed by atoms with E-state index in [1.165, 1.54) is 18.4 Å². The number of esters is 1. The lowest BCUT2D eigenvalue weighted by Crippen LogP contribution is -2.43. The summed E-state index contributed by atoms with van der Waals surface area (Å²) in [5.41, 5.74) is 0.571. The van der Waals surface area contributed by atoms with Crippen molar-refractivity contribution in [2.45, 2.75) is 57.6 Å². The minimum Gasteiger partial charge on any atom is -0.497 e. The number of hydrogen-bond donors (Lipinski definition) is 1. The fourth-order valence-electron chi connectivity index (χ4n) is 4.00. The SMILES string of the molecule is COc1ccc(N2C[C@H](C(=O)O[C@H](C)C(=O)NC3CCCCC3)CC2=O)c(OC)c1. The van der Waals surface area contributed by atoms with E-state index in [4.69, 9.17) is 14.2 Å². The van der Waals surface area contributed by atoms with Gasteiger partial charge in [0.05, 0.1) is 25.8 Å². The molecule has 1 saturated carbocycles. The summed E-state index contributed by atoms with van der Waals surface area (Å²) in [5, 5.41) is 2.96. The van der Waals surface area contributed by atoms with E-state index in [0.717, 1.165) is 25.7 Å². The van der Waals surface area contributed by atoms with E-state index in [2.05, 4.69) is 5.32 Å². The third-order valence-electron chi connectivity index (χ3n) is 5.75. The molecular formula is C22H30N2O6. The summed E-state index contributed by atoms with van der Waals surface area (Å²) in [6.07, 6.45) is 4.47. The summed E-state index contributed by atoms with van der Waals surface area (Å²) >= 11 is 0. The minimum absolute atomic E-state index is 0.0327. The zero-order valence-corrected chi connectivity index (χ0v) is 17.8. The maximum Gasteiger partial charge on any atom is 0.312 e. The van der Waals surface area contributed by atoms with Crippen LogP contribution in [0.5, 0.6) is 11.5 Å². The van der Waals surface area contributed by atoms with Gasteiger partial charge in [-0.2, -0.15) is 0 Å². The predicted octanol–water partition coefficient (Wildman–Crippen LogP) is 2.44. The first kappa shape index (κ1) is 21.9. The van der Waals surface area contributed by atoms with Gasteiger partial charge in [-0.1, -0.05) is 19.3 Å². The first-order valence-electron chi connectivity index (χ1n) is 10.5. The quantitative estimate of drug-likeness (QED) is 0.684. The van der Waals surface area contributed by atoms with E-state index in [0.29, 0.717) is 17.2 Å².